The van der Waals surface area contributed by atoms with E-state index in [0.717, 1.165) is 5.56 Å². The minimum Gasteiger partial charge on any atom is -0.481 e. The quantitative estimate of drug-likeness (QED) is 0.862. The number of carbonyl (C=O) groups is 1. The Labute approximate surface area is 153 Å². The number of carboxylic acids is 1. The molecule has 0 amide bonds. The molecular weight excluding hydrogens is 330 g/mol. The van der Waals surface area contributed by atoms with Gasteiger partial charge < -0.3 is 9.84 Å². The van der Waals surface area contributed by atoms with E-state index in [1.807, 2.05) is 37.4 Å². The maximum atomic E-state index is 12.2. The third kappa shape index (κ3) is 3.03. The lowest BCUT2D eigenvalue weighted by Crippen LogP contribution is -2.46. The van der Waals surface area contributed by atoms with Crippen LogP contribution in [0.2, 0.25) is 0 Å². The summed E-state index contributed by atoms with van der Waals surface area (Å²) in [6.07, 6.45) is 6.40. The molecule has 1 aromatic carbocycles. The molecule has 2 aliphatic carbocycles. The monoisotopic (exact) mass is 355 g/mol. The second kappa shape index (κ2) is 6.50. The molecule has 0 saturated heterocycles. The zero-order valence-electron chi connectivity index (χ0n) is 15.1. The van der Waals surface area contributed by atoms with Crippen LogP contribution in [0, 0.1) is 5.92 Å². The first kappa shape index (κ1) is 17.2. The van der Waals surface area contributed by atoms with E-state index < -0.39 is 17.0 Å². The zero-order valence-corrected chi connectivity index (χ0v) is 15.1. The summed E-state index contributed by atoms with van der Waals surface area (Å²) in [4.78, 5) is 16.7. The van der Waals surface area contributed by atoms with Crippen molar-refractivity contribution in [1.82, 2.24) is 14.8 Å². The van der Waals surface area contributed by atoms with Crippen LogP contribution in [0.3, 0.4) is 0 Å². The summed E-state index contributed by atoms with van der Waals surface area (Å²) >= 11 is 0. The highest BCUT2D eigenvalue weighted by atomic mass is 16.5. The Morgan fingerprint density at radius 2 is 1.92 bits per heavy atom. The number of hydrogen-bond donors (Lipinski definition) is 1. The van der Waals surface area contributed by atoms with Gasteiger partial charge in [0.1, 0.15) is 11.9 Å². The second-order valence-electron chi connectivity index (χ2n) is 7.74. The van der Waals surface area contributed by atoms with Crippen molar-refractivity contribution in [3.8, 4) is 0 Å². The van der Waals surface area contributed by atoms with Crippen LogP contribution in [0.4, 0.5) is 0 Å². The Balaban J connectivity index is 1.62. The molecule has 0 aliphatic heterocycles. The Bertz CT molecular complexity index is 775. The molecule has 0 radical (unpaired) electrons. The van der Waals surface area contributed by atoms with Crippen LogP contribution in [-0.4, -0.2) is 32.4 Å². The van der Waals surface area contributed by atoms with Crippen molar-refractivity contribution in [1.29, 1.82) is 0 Å². The lowest BCUT2D eigenvalue weighted by molar-refractivity contribution is -0.151. The average molecular weight is 355 g/mol. The first-order valence-electron chi connectivity index (χ1n) is 9.33. The molecule has 26 heavy (non-hydrogen) atoms. The Morgan fingerprint density at radius 3 is 2.46 bits per heavy atom. The highest BCUT2D eigenvalue weighted by Gasteiger charge is 2.51. The van der Waals surface area contributed by atoms with Gasteiger partial charge in [-0.05, 0) is 50.0 Å². The molecule has 0 spiro atoms. The Hall–Kier alpha value is -2.21. The van der Waals surface area contributed by atoms with Gasteiger partial charge in [-0.2, -0.15) is 5.10 Å². The van der Waals surface area contributed by atoms with Crippen molar-refractivity contribution < 1.29 is 14.6 Å². The first-order valence-corrected chi connectivity index (χ1v) is 9.33. The summed E-state index contributed by atoms with van der Waals surface area (Å²) < 4.78 is 8.06. The summed E-state index contributed by atoms with van der Waals surface area (Å²) in [5, 5.41) is 14.5. The van der Waals surface area contributed by atoms with Crippen molar-refractivity contribution >= 4 is 5.97 Å². The molecule has 2 fully saturated rings. The molecule has 2 saturated carbocycles. The summed E-state index contributed by atoms with van der Waals surface area (Å²) in [6, 6.07) is 9.58. The summed E-state index contributed by atoms with van der Waals surface area (Å²) in [5.74, 6) is 0.567. The second-order valence-corrected chi connectivity index (χ2v) is 7.74. The van der Waals surface area contributed by atoms with E-state index in [9.17, 15) is 9.90 Å². The molecular formula is C20H25N3O3. The fourth-order valence-corrected chi connectivity index (χ4v) is 4.01. The van der Waals surface area contributed by atoms with E-state index in [4.69, 9.17) is 4.74 Å². The molecule has 0 unspecified atom stereocenters. The maximum Gasteiger partial charge on any atom is 0.314 e. The van der Waals surface area contributed by atoms with Crippen LogP contribution in [0.5, 0.6) is 0 Å². The van der Waals surface area contributed by atoms with Gasteiger partial charge in [0.15, 0.2) is 5.82 Å². The van der Waals surface area contributed by atoms with E-state index in [1.54, 1.807) is 11.0 Å². The van der Waals surface area contributed by atoms with E-state index >= 15 is 0 Å². The molecule has 1 N–H and O–H groups in total. The predicted molar refractivity (Wildman–Crippen MR) is 95.6 cm³/mol. The highest BCUT2D eigenvalue weighted by Crippen LogP contribution is 2.49. The van der Waals surface area contributed by atoms with E-state index in [1.165, 1.54) is 12.8 Å². The van der Waals surface area contributed by atoms with Crippen molar-refractivity contribution in [2.24, 2.45) is 13.0 Å². The van der Waals surface area contributed by atoms with Crippen molar-refractivity contribution in [3.63, 3.8) is 0 Å². The maximum absolute atomic E-state index is 12.2. The third-order valence-corrected chi connectivity index (χ3v) is 5.95. The standard InChI is InChI=1S/C20H25N3O3/c1-23-14-21-17(22-23)20(26-13-15-7-8-15)11-9-19(10-12-20,18(24)25)16-5-3-2-4-6-16/h2-6,14-15H,7-13H2,1H3,(H,24,25)/t19-,20+. The average Bonchev–Trinajstić information content (AvgIpc) is 3.39. The fourth-order valence-electron chi connectivity index (χ4n) is 4.01. The number of aromatic nitrogens is 3. The molecule has 2 aromatic rings. The van der Waals surface area contributed by atoms with Gasteiger partial charge in [-0.15, -0.1) is 0 Å². The lowest BCUT2D eigenvalue weighted by Gasteiger charge is -2.43. The van der Waals surface area contributed by atoms with Gasteiger partial charge in [0, 0.05) is 7.05 Å². The lowest BCUT2D eigenvalue weighted by atomic mass is 9.65. The predicted octanol–water partition coefficient (Wildman–Crippen LogP) is 3.03. The van der Waals surface area contributed by atoms with Gasteiger partial charge in [-0.1, -0.05) is 30.3 Å². The normalized spacial score (nSPS) is 28.8. The molecule has 138 valence electrons. The zero-order chi connectivity index (χ0) is 18.2. The molecule has 1 heterocycles. The van der Waals surface area contributed by atoms with Gasteiger partial charge in [-0.25, -0.2) is 4.98 Å². The minimum atomic E-state index is -0.859. The van der Waals surface area contributed by atoms with E-state index in [-0.39, 0.29) is 0 Å². The smallest absolute Gasteiger partial charge is 0.314 e. The van der Waals surface area contributed by atoms with Crippen molar-refractivity contribution in [3.05, 3.63) is 48.0 Å². The SMILES string of the molecule is Cn1cnc([C@]2(OCC3CC3)CC[C@](C(=O)O)(c3ccccc3)CC2)n1. The third-order valence-electron chi connectivity index (χ3n) is 5.95. The molecule has 2 aliphatic rings. The van der Waals surface area contributed by atoms with Crippen LogP contribution in [0.1, 0.15) is 49.9 Å². The number of ether oxygens (including phenoxy) is 1. The number of nitrogens with zero attached hydrogens (tertiary/aromatic N) is 3. The summed E-state index contributed by atoms with van der Waals surface area (Å²) in [6.45, 7) is 0.712. The van der Waals surface area contributed by atoms with Gasteiger partial charge in [0.2, 0.25) is 0 Å². The topological polar surface area (TPSA) is 77.2 Å². The van der Waals surface area contributed by atoms with Gasteiger partial charge in [-0.3, -0.25) is 9.48 Å². The van der Waals surface area contributed by atoms with Crippen LogP contribution in [0.25, 0.3) is 0 Å². The van der Waals surface area contributed by atoms with Gasteiger partial charge in [0.25, 0.3) is 0 Å². The molecule has 6 nitrogen and oxygen atoms in total. The molecule has 1 aromatic heterocycles. The number of aliphatic carboxylic acids is 1. The Morgan fingerprint density at radius 1 is 1.23 bits per heavy atom. The largest absolute Gasteiger partial charge is 0.481 e. The Kier molecular flexibility index (Phi) is 4.31. The number of hydrogen-bond acceptors (Lipinski definition) is 4. The molecule has 6 heteroatoms. The summed E-state index contributed by atoms with van der Waals surface area (Å²) in [7, 11) is 1.85. The number of carboxylic acid groups (broad SMARTS) is 1. The number of aryl methyl sites for hydroxylation is 1. The van der Waals surface area contributed by atoms with Crippen LogP contribution < -0.4 is 0 Å². The minimum absolute atomic E-state index is 0.523. The van der Waals surface area contributed by atoms with Crippen LogP contribution >= 0.6 is 0 Å². The number of rotatable bonds is 6. The van der Waals surface area contributed by atoms with Crippen LogP contribution in [-0.2, 0) is 27.6 Å². The highest BCUT2D eigenvalue weighted by molar-refractivity contribution is 5.81. The van der Waals surface area contributed by atoms with Crippen molar-refractivity contribution in [2.45, 2.75) is 49.5 Å². The van der Waals surface area contributed by atoms with Crippen LogP contribution in [0.15, 0.2) is 36.7 Å². The van der Waals surface area contributed by atoms with Gasteiger partial charge in [0.05, 0.1) is 12.0 Å². The molecule has 0 bridgehead atoms. The van der Waals surface area contributed by atoms with E-state index in [0.29, 0.717) is 44.0 Å². The van der Waals surface area contributed by atoms with Crippen molar-refractivity contribution in [2.75, 3.05) is 6.61 Å². The van der Waals surface area contributed by atoms with Gasteiger partial charge >= 0.3 is 5.97 Å². The molecule has 0 atom stereocenters. The first-order chi connectivity index (χ1) is 12.5. The fraction of sp³-hybridized carbons (Fsp3) is 0.550. The molecule has 4 rings (SSSR count). The number of benzene rings is 1. The summed E-state index contributed by atoms with van der Waals surface area (Å²) in [5.41, 5.74) is -0.558. The van der Waals surface area contributed by atoms with E-state index in [2.05, 4.69) is 10.1 Å².